The van der Waals surface area contributed by atoms with E-state index in [-0.39, 0.29) is 5.91 Å². The van der Waals surface area contributed by atoms with Gasteiger partial charge in [-0.1, -0.05) is 0 Å². The number of primary amides is 1. The third-order valence-electron chi connectivity index (χ3n) is 2.62. The van der Waals surface area contributed by atoms with Crippen LogP contribution >= 0.6 is 0 Å². The van der Waals surface area contributed by atoms with E-state index >= 15 is 0 Å². The maximum atomic E-state index is 10.6. The quantitative estimate of drug-likeness (QED) is 0.761. The van der Waals surface area contributed by atoms with Crippen LogP contribution in [0.2, 0.25) is 0 Å². The smallest absolute Gasteiger partial charge is 0.217 e. The minimum atomic E-state index is -0.249. The van der Waals surface area contributed by atoms with E-state index in [0.29, 0.717) is 6.42 Å². The van der Waals surface area contributed by atoms with Crippen molar-refractivity contribution < 1.29 is 4.79 Å². The Balaban J connectivity index is 2.15. The molecular formula is C12H15N3O. The Hall–Kier alpha value is -1.97. The van der Waals surface area contributed by atoms with Crippen molar-refractivity contribution in [3.05, 3.63) is 30.5 Å². The van der Waals surface area contributed by atoms with E-state index < -0.39 is 0 Å². The summed E-state index contributed by atoms with van der Waals surface area (Å²) in [7, 11) is 0. The zero-order valence-electron chi connectivity index (χ0n) is 9.02. The van der Waals surface area contributed by atoms with Gasteiger partial charge in [-0.15, -0.1) is 0 Å². The summed E-state index contributed by atoms with van der Waals surface area (Å²) >= 11 is 0. The molecule has 0 saturated heterocycles. The van der Waals surface area contributed by atoms with E-state index in [2.05, 4.69) is 4.57 Å². The van der Waals surface area contributed by atoms with Crippen LogP contribution in [0.15, 0.2) is 30.5 Å². The van der Waals surface area contributed by atoms with E-state index in [9.17, 15) is 4.79 Å². The summed E-state index contributed by atoms with van der Waals surface area (Å²) in [6.45, 7) is 0.802. The summed E-state index contributed by atoms with van der Waals surface area (Å²) < 4.78 is 2.11. The maximum Gasteiger partial charge on any atom is 0.217 e. The number of hydrogen-bond acceptors (Lipinski definition) is 2. The van der Waals surface area contributed by atoms with Crippen molar-refractivity contribution in [1.29, 1.82) is 0 Å². The lowest BCUT2D eigenvalue weighted by Crippen LogP contribution is -2.11. The summed E-state index contributed by atoms with van der Waals surface area (Å²) in [6, 6.07) is 7.84. The molecule has 0 atom stereocenters. The van der Waals surface area contributed by atoms with Gasteiger partial charge in [0.05, 0.1) is 0 Å². The molecular weight excluding hydrogens is 202 g/mol. The lowest BCUT2D eigenvalue weighted by atomic mass is 10.2. The van der Waals surface area contributed by atoms with E-state index in [1.54, 1.807) is 0 Å². The predicted molar refractivity (Wildman–Crippen MR) is 64.8 cm³/mol. The van der Waals surface area contributed by atoms with Gasteiger partial charge in [-0.25, -0.2) is 0 Å². The van der Waals surface area contributed by atoms with Gasteiger partial charge >= 0.3 is 0 Å². The van der Waals surface area contributed by atoms with Gasteiger partial charge in [0.1, 0.15) is 0 Å². The molecule has 0 aliphatic carbocycles. The Labute approximate surface area is 93.8 Å². The predicted octanol–water partition coefficient (Wildman–Crippen LogP) is 1.49. The van der Waals surface area contributed by atoms with E-state index in [4.69, 9.17) is 11.5 Å². The van der Waals surface area contributed by atoms with Crippen molar-refractivity contribution in [3.63, 3.8) is 0 Å². The average molecular weight is 217 g/mol. The molecule has 0 aliphatic rings. The lowest BCUT2D eigenvalue weighted by Gasteiger charge is -2.04. The minimum Gasteiger partial charge on any atom is -0.399 e. The molecule has 1 heterocycles. The van der Waals surface area contributed by atoms with Crippen LogP contribution in [0.3, 0.4) is 0 Å². The molecule has 4 N–H and O–H groups in total. The van der Waals surface area contributed by atoms with Crippen LogP contribution in [0.25, 0.3) is 10.9 Å². The van der Waals surface area contributed by atoms with Crippen LogP contribution < -0.4 is 11.5 Å². The summed E-state index contributed by atoms with van der Waals surface area (Å²) in [5, 5.41) is 1.12. The Kier molecular flexibility index (Phi) is 2.81. The summed E-state index contributed by atoms with van der Waals surface area (Å²) in [4.78, 5) is 10.6. The van der Waals surface area contributed by atoms with Crippen molar-refractivity contribution in [2.24, 2.45) is 5.73 Å². The summed E-state index contributed by atoms with van der Waals surface area (Å²) in [5.41, 5.74) is 12.7. The topological polar surface area (TPSA) is 74.0 Å². The van der Waals surface area contributed by atoms with Crippen LogP contribution in [0, 0.1) is 0 Å². The molecule has 0 radical (unpaired) electrons. The molecule has 0 saturated carbocycles. The fraction of sp³-hybridized carbons (Fsp3) is 0.250. The van der Waals surface area contributed by atoms with Crippen LogP contribution in [-0.4, -0.2) is 10.5 Å². The second-order valence-electron chi connectivity index (χ2n) is 3.90. The fourth-order valence-corrected chi connectivity index (χ4v) is 1.84. The Morgan fingerprint density at radius 1 is 1.31 bits per heavy atom. The molecule has 2 rings (SSSR count). The summed E-state index contributed by atoms with van der Waals surface area (Å²) in [5.74, 6) is -0.249. The fourth-order valence-electron chi connectivity index (χ4n) is 1.84. The second-order valence-corrected chi connectivity index (χ2v) is 3.90. The summed E-state index contributed by atoms with van der Waals surface area (Å²) in [6.07, 6.45) is 3.20. The third-order valence-corrected chi connectivity index (χ3v) is 2.62. The van der Waals surface area contributed by atoms with Gasteiger partial charge in [0.25, 0.3) is 0 Å². The van der Waals surface area contributed by atoms with Gasteiger partial charge in [-0.2, -0.15) is 0 Å². The highest BCUT2D eigenvalue weighted by atomic mass is 16.1. The monoisotopic (exact) mass is 217 g/mol. The average Bonchev–Trinajstić information content (AvgIpc) is 2.60. The van der Waals surface area contributed by atoms with Gasteiger partial charge in [-0.05, 0) is 30.7 Å². The zero-order valence-corrected chi connectivity index (χ0v) is 9.02. The number of fused-ring (bicyclic) bond motifs is 1. The van der Waals surface area contributed by atoms with Gasteiger partial charge in [0.15, 0.2) is 0 Å². The number of amides is 1. The highest BCUT2D eigenvalue weighted by molar-refractivity contribution is 5.83. The largest absolute Gasteiger partial charge is 0.399 e. The molecule has 84 valence electrons. The molecule has 0 aliphatic heterocycles. The van der Waals surface area contributed by atoms with Crippen LogP contribution in [0.4, 0.5) is 5.69 Å². The number of nitrogens with zero attached hydrogens (tertiary/aromatic N) is 1. The number of nitrogen functional groups attached to an aromatic ring is 1. The van der Waals surface area contributed by atoms with Gasteiger partial charge in [-0.3, -0.25) is 4.79 Å². The first-order valence-electron chi connectivity index (χ1n) is 5.29. The molecule has 1 aromatic carbocycles. The van der Waals surface area contributed by atoms with Gasteiger partial charge in [0, 0.05) is 35.8 Å². The van der Waals surface area contributed by atoms with Gasteiger partial charge < -0.3 is 16.0 Å². The second kappa shape index (κ2) is 4.26. The molecule has 1 aromatic heterocycles. The third kappa shape index (κ3) is 2.16. The number of nitrogens with two attached hydrogens (primary N) is 2. The van der Waals surface area contributed by atoms with Gasteiger partial charge in [0.2, 0.25) is 5.91 Å². The molecule has 4 nitrogen and oxygen atoms in total. The molecule has 0 unspecified atom stereocenters. The number of aryl methyl sites for hydroxylation is 1. The molecule has 16 heavy (non-hydrogen) atoms. The number of anilines is 1. The number of carbonyl (C=O) groups is 1. The Morgan fingerprint density at radius 3 is 2.88 bits per heavy atom. The minimum absolute atomic E-state index is 0.249. The number of aromatic nitrogens is 1. The number of hydrogen-bond donors (Lipinski definition) is 2. The van der Waals surface area contributed by atoms with E-state index in [1.165, 1.54) is 0 Å². The normalized spacial score (nSPS) is 10.8. The van der Waals surface area contributed by atoms with Crippen LogP contribution in [0.1, 0.15) is 12.8 Å². The van der Waals surface area contributed by atoms with Crippen molar-refractivity contribution in [3.8, 4) is 0 Å². The van der Waals surface area contributed by atoms with E-state index in [0.717, 1.165) is 29.6 Å². The first-order chi connectivity index (χ1) is 7.66. The number of carbonyl (C=O) groups excluding carboxylic acids is 1. The maximum absolute atomic E-state index is 10.6. The highest BCUT2D eigenvalue weighted by Gasteiger charge is 2.01. The number of rotatable bonds is 4. The van der Waals surface area contributed by atoms with E-state index in [1.807, 2.05) is 30.5 Å². The first kappa shape index (κ1) is 10.5. The Bertz CT molecular complexity index is 516. The van der Waals surface area contributed by atoms with Crippen molar-refractivity contribution >= 4 is 22.5 Å². The SMILES string of the molecule is NC(=O)CCCn1ccc2cc(N)ccc21. The first-order valence-corrected chi connectivity index (χ1v) is 5.29. The Morgan fingerprint density at radius 2 is 2.12 bits per heavy atom. The molecule has 0 fully saturated rings. The molecule has 0 spiro atoms. The molecule has 2 aromatic rings. The lowest BCUT2D eigenvalue weighted by molar-refractivity contribution is -0.118. The van der Waals surface area contributed by atoms with Crippen molar-refractivity contribution in [1.82, 2.24) is 4.57 Å². The highest BCUT2D eigenvalue weighted by Crippen LogP contribution is 2.19. The molecule has 0 bridgehead atoms. The zero-order chi connectivity index (χ0) is 11.5. The molecule has 1 amide bonds. The van der Waals surface area contributed by atoms with Crippen LogP contribution in [-0.2, 0) is 11.3 Å². The number of benzene rings is 1. The van der Waals surface area contributed by atoms with Crippen molar-refractivity contribution in [2.45, 2.75) is 19.4 Å². The van der Waals surface area contributed by atoms with Crippen molar-refractivity contribution in [2.75, 3.05) is 5.73 Å². The standard InChI is InChI=1S/C12H15N3O/c13-10-3-4-11-9(8-10)5-7-15(11)6-1-2-12(14)16/h3-5,7-8H,1-2,6,13H2,(H2,14,16). The van der Waals surface area contributed by atoms with Crippen LogP contribution in [0.5, 0.6) is 0 Å². The molecule has 4 heteroatoms.